The van der Waals surface area contributed by atoms with Crippen LogP contribution in [0.15, 0.2) is 42.5 Å². The highest BCUT2D eigenvalue weighted by molar-refractivity contribution is 5.93. The molecule has 148 valence electrons. The second-order valence-corrected chi connectivity index (χ2v) is 5.73. The fourth-order valence-corrected chi connectivity index (χ4v) is 2.24. The number of benzene rings is 2. The maximum atomic E-state index is 12.8. The normalized spacial score (nSPS) is 11.6. The number of carbonyl (C=O) groups is 1. The average Bonchev–Trinajstić information content (AvgIpc) is 2.60. The van der Waals surface area contributed by atoms with E-state index in [0.29, 0.717) is 17.8 Å². The SMILES string of the molecule is N#CCc1ccc(NC(=O)CNc2cc(C(F)(F)F)cc(C(F)(F)F)c2)cc1. The zero-order chi connectivity index (χ0) is 20.9. The summed E-state index contributed by atoms with van der Waals surface area (Å²) < 4.78 is 76.9. The fraction of sp³-hybridized carbons (Fsp3) is 0.222. The number of halogens is 6. The monoisotopic (exact) mass is 401 g/mol. The molecule has 28 heavy (non-hydrogen) atoms. The minimum atomic E-state index is -4.97. The van der Waals surface area contributed by atoms with Gasteiger partial charge in [0.05, 0.1) is 30.2 Å². The molecule has 0 fully saturated rings. The lowest BCUT2D eigenvalue weighted by molar-refractivity contribution is -0.143. The average molecular weight is 401 g/mol. The first-order valence-electron chi connectivity index (χ1n) is 7.78. The third-order valence-corrected chi connectivity index (χ3v) is 3.56. The molecule has 0 aliphatic heterocycles. The van der Waals surface area contributed by atoms with Gasteiger partial charge in [0.25, 0.3) is 0 Å². The Morgan fingerprint density at radius 2 is 1.43 bits per heavy atom. The quantitative estimate of drug-likeness (QED) is 0.705. The second kappa shape index (κ2) is 8.21. The van der Waals surface area contributed by atoms with Crippen LogP contribution in [0.4, 0.5) is 37.7 Å². The smallest absolute Gasteiger partial charge is 0.376 e. The summed E-state index contributed by atoms with van der Waals surface area (Å²) in [5, 5.41) is 13.3. The first kappa shape index (κ1) is 21.1. The maximum Gasteiger partial charge on any atom is 0.416 e. The van der Waals surface area contributed by atoms with Crippen molar-refractivity contribution in [2.24, 2.45) is 0 Å². The van der Waals surface area contributed by atoms with Gasteiger partial charge in [-0.15, -0.1) is 0 Å². The molecule has 10 heteroatoms. The number of nitrogens with one attached hydrogen (secondary N) is 2. The number of anilines is 2. The summed E-state index contributed by atoms with van der Waals surface area (Å²) in [4.78, 5) is 11.9. The molecule has 0 saturated heterocycles. The minimum Gasteiger partial charge on any atom is -0.376 e. The lowest BCUT2D eigenvalue weighted by Gasteiger charge is -2.15. The van der Waals surface area contributed by atoms with Crippen LogP contribution in [0.3, 0.4) is 0 Å². The molecule has 0 aromatic heterocycles. The Morgan fingerprint density at radius 3 is 1.89 bits per heavy atom. The van der Waals surface area contributed by atoms with Gasteiger partial charge in [-0.3, -0.25) is 4.79 Å². The molecule has 2 aromatic rings. The van der Waals surface area contributed by atoms with E-state index >= 15 is 0 Å². The molecule has 2 aromatic carbocycles. The molecule has 0 unspecified atom stereocenters. The van der Waals surface area contributed by atoms with Gasteiger partial charge in [-0.25, -0.2) is 0 Å². The molecule has 2 rings (SSSR count). The van der Waals surface area contributed by atoms with E-state index < -0.39 is 41.6 Å². The standard InChI is InChI=1S/C18H13F6N3O/c19-17(20,21)12-7-13(18(22,23)24)9-15(8-12)26-10-16(28)27-14-3-1-11(2-4-14)5-6-25/h1-4,7-9,26H,5,10H2,(H,27,28). The van der Waals surface area contributed by atoms with E-state index in [1.54, 1.807) is 12.1 Å². The van der Waals surface area contributed by atoms with Crippen molar-refractivity contribution in [2.45, 2.75) is 18.8 Å². The van der Waals surface area contributed by atoms with Crippen LogP contribution in [-0.4, -0.2) is 12.5 Å². The number of amides is 1. The van der Waals surface area contributed by atoms with Gasteiger partial charge in [0, 0.05) is 11.4 Å². The molecular formula is C18H13F6N3O. The topological polar surface area (TPSA) is 64.9 Å². The van der Waals surface area contributed by atoms with Crippen LogP contribution < -0.4 is 10.6 Å². The lowest BCUT2D eigenvalue weighted by Crippen LogP contribution is -2.22. The van der Waals surface area contributed by atoms with Gasteiger partial charge in [-0.05, 0) is 35.9 Å². The molecule has 0 radical (unpaired) electrons. The zero-order valence-electron chi connectivity index (χ0n) is 14.1. The Labute approximate surface area is 155 Å². The van der Waals surface area contributed by atoms with Crippen molar-refractivity contribution in [1.82, 2.24) is 0 Å². The third kappa shape index (κ3) is 5.90. The van der Waals surface area contributed by atoms with Crippen molar-refractivity contribution < 1.29 is 31.1 Å². The van der Waals surface area contributed by atoms with Crippen molar-refractivity contribution in [1.29, 1.82) is 5.26 Å². The van der Waals surface area contributed by atoms with Crippen molar-refractivity contribution >= 4 is 17.3 Å². The van der Waals surface area contributed by atoms with Crippen LogP contribution in [0.25, 0.3) is 0 Å². The Bertz CT molecular complexity index is 850. The predicted octanol–water partition coefficient (Wildman–Crippen LogP) is 4.84. The molecule has 0 heterocycles. The maximum absolute atomic E-state index is 12.8. The highest BCUT2D eigenvalue weighted by Gasteiger charge is 2.36. The van der Waals surface area contributed by atoms with Crippen LogP contribution in [0.2, 0.25) is 0 Å². The summed E-state index contributed by atoms with van der Waals surface area (Å²) in [6, 6.07) is 9.22. The summed E-state index contributed by atoms with van der Waals surface area (Å²) >= 11 is 0. The molecule has 0 atom stereocenters. The Hall–Kier alpha value is -3.22. The molecule has 0 aliphatic carbocycles. The number of rotatable bonds is 5. The first-order chi connectivity index (χ1) is 13.0. The van der Waals surface area contributed by atoms with Gasteiger partial charge in [-0.1, -0.05) is 12.1 Å². The van der Waals surface area contributed by atoms with E-state index in [0.717, 1.165) is 5.56 Å². The van der Waals surface area contributed by atoms with E-state index in [2.05, 4.69) is 10.6 Å². The predicted molar refractivity (Wildman–Crippen MR) is 89.3 cm³/mol. The van der Waals surface area contributed by atoms with Gasteiger partial charge in [-0.2, -0.15) is 31.6 Å². The van der Waals surface area contributed by atoms with Gasteiger partial charge < -0.3 is 10.6 Å². The van der Waals surface area contributed by atoms with E-state index in [-0.39, 0.29) is 12.5 Å². The van der Waals surface area contributed by atoms with Crippen LogP contribution >= 0.6 is 0 Å². The Balaban J connectivity index is 2.08. The Kier molecular flexibility index (Phi) is 6.18. The van der Waals surface area contributed by atoms with E-state index in [4.69, 9.17) is 5.26 Å². The van der Waals surface area contributed by atoms with E-state index in [9.17, 15) is 31.1 Å². The van der Waals surface area contributed by atoms with Gasteiger partial charge >= 0.3 is 12.4 Å². The minimum absolute atomic E-state index is 0.00798. The third-order valence-electron chi connectivity index (χ3n) is 3.56. The number of alkyl halides is 6. The van der Waals surface area contributed by atoms with Gasteiger partial charge in [0.2, 0.25) is 5.91 Å². The number of nitriles is 1. The fourth-order valence-electron chi connectivity index (χ4n) is 2.24. The second-order valence-electron chi connectivity index (χ2n) is 5.73. The molecule has 4 nitrogen and oxygen atoms in total. The summed E-state index contributed by atoms with van der Waals surface area (Å²) in [6.07, 6.45) is -9.75. The van der Waals surface area contributed by atoms with Gasteiger partial charge in [0.15, 0.2) is 0 Å². The first-order valence-corrected chi connectivity index (χ1v) is 7.78. The molecule has 0 spiro atoms. The number of nitrogens with zero attached hydrogens (tertiary/aromatic N) is 1. The molecule has 2 N–H and O–H groups in total. The molecule has 0 bridgehead atoms. The molecule has 0 saturated carbocycles. The molecule has 0 aliphatic rings. The largest absolute Gasteiger partial charge is 0.416 e. The molecule has 1 amide bonds. The van der Waals surface area contributed by atoms with Crippen molar-refractivity contribution in [3.8, 4) is 6.07 Å². The number of carbonyl (C=O) groups excluding carboxylic acids is 1. The number of hydrogen-bond donors (Lipinski definition) is 2. The molecular weight excluding hydrogens is 388 g/mol. The van der Waals surface area contributed by atoms with Crippen LogP contribution in [0.5, 0.6) is 0 Å². The number of hydrogen-bond acceptors (Lipinski definition) is 3. The highest BCUT2D eigenvalue weighted by Crippen LogP contribution is 2.37. The lowest BCUT2D eigenvalue weighted by atomic mass is 10.1. The van der Waals surface area contributed by atoms with Gasteiger partial charge in [0.1, 0.15) is 0 Å². The van der Waals surface area contributed by atoms with Crippen LogP contribution in [0, 0.1) is 11.3 Å². The zero-order valence-corrected chi connectivity index (χ0v) is 14.1. The van der Waals surface area contributed by atoms with E-state index in [1.807, 2.05) is 6.07 Å². The summed E-state index contributed by atoms with van der Waals surface area (Å²) in [6.45, 7) is -0.543. The summed E-state index contributed by atoms with van der Waals surface area (Å²) in [5.74, 6) is -0.668. The van der Waals surface area contributed by atoms with Crippen molar-refractivity contribution in [3.63, 3.8) is 0 Å². The Morgan fingerprint density at radius 1 is 0.893 bits per heavy atom. The van der Waals surface area contributed by atoms with Crippen molar-refractivity contribution in [3.05, 3.63) is 59.2 Å². The van der Waals surface area contributed by atoms with Crippen LogP contribution in [-0.2, 0) is 23.6 Å². The summed E-state index contributed by atoms with van der Waals surface area (Å²) in [7, 11) is 0. The summed E-state index contributed by atoms with van der Waals surface area (Å²) in [5.41, 5.74) is -2.34. The van der Waals surface area contributed by atoms with Crippen molar-refractivity contribution in [2.75, 3.05) is 17.2 Å². The van der Waals surface area contributed by atoms with Crippen LogP contribution in [0.1, 0.15) is 16.7 Å². The van der Waals surface area contributed by atoms with E-state index in [1.165, 1.54) is 12.1 Å². The highest BCUT2D eigenvalue weighted by atomic mass is 19.4.